The van der Waals surface area contributed by atoms with Gasteiger partial charge in [-0.05, 0) is 36.7 Å². The summed E-state index contributed by atoms with van der Waals surface area (Å²) in [5.74, 6) is -1.54. The van der Waals surface area contributed by atoms with E-state index in [2.05, 4.69) is 9.69 Å². The van der Waals surface area contributed by atoms with E-state index < -0.39 is 23.6 Å². The van der Waals surface area contributed by atoms with Crippen LogP contribution in [0.4, 0.5) is 24.5 Å². The van der Waals surface area contributed by atoms with E-state index in [0.29, 0.717) is 11.5 Å². The monoisotopic (exact) mass is 359 g/mol. The van der Waals surface area contributed by atoms with Gasteiger partial charge < -0.3 is 15.8 Å². The van der Waals surface area contributed by atoms with Crippen molar-refractivity contribution in [1.29, 1.82) is 0 Å². The van der Waals surface area contributed by atoms with E-state index in [1.807, 2.05) is 0 Å². The molecule has 24 heavy (non-hydrogen) atoms. The van der Waals surface area contributed by atoms with E-state index in [1.54, 1.807) is 6.92 Å². The first kappa shape index (κ1) is 17.7. The fourth-order valence-corrected chi connectivity index (χ4v) is 2.46. The number of anilines is 2. The van der Waals surface area contributed by atoms with Crippen molar-refractivity contribution >= 4 is 34.8 Å². The molecule has 0 saturated carbocycles. The zero-order chi connectivity index (χ0) is 17.9. The van der Waals surface area contributed by atoms with Gasteiger partial charge in [0, 0.05) is 5.69 Å². The minimum Gasteiger partial charge on any atom is -0.462 e. The van der Waals surface area contributed by atoms with Crippen LogP contribution in [0.3, 0.4) is 0 Å². The Balaban J connectivity index is 2.21. The number of rotatable bonds is 4. The number of carbonyl (C=O) groups is 2. The van der Waals surface area contributed by atoms with Crippen LogP contribution in [0.1, 0.15) is 32.6 Å². The Morgan fingerprint density at radius 1 is 1.38 bits per heavy atom. The first-order valence-corrected chi connectivity index (χ1v) is 7.42. The first-order chi connectivity index (χ1) is 11.2. The molecule has 10 heteroatoms. The van der Waals surface area contributed by atoms with Crippen LogP contribution in [0, 0.1) is 0 Å². The number of nitrogen functional groups attached to an aromatic ring is 1. The topological polar surface area (TPSA) is 94.3 Å². The molecule has 0 bridgehead atoms. The van der Waals surface area contributed by atoms with Crippen molar-refractivity contribution in [1.82, 2.24) is 4.37 Å². The molecule has 0 saturated heterocycles. The van der Waals surface area contributed by atoms with Gasteiger partial charge in [0.15, 0.2) is 10.6 Å². The Bertz CT molecular complexity index is 774. The summed E-state index contributed by atoms with van der Waals surface area (Å²) in [7, 11) is 0. The minimum atomic E-state index is -4.53. The third-order valence-electron chi connectivity index (χ3n) is 2.85. The third kappa shape index (κ3) is 3.82. The molecule has 0 fully saturated rings. The molecule has 0 aliphatic carbocycles. The highest BCUT2D eigenvalue weighted by Crippen LogP contribution is 2.31. The Hall–Kier alpha value is -2.62. The molecule has 0 spiro atoms. The van der Waals surface area contributed by atoms with Crippen LogP contribution >= 0.6 is 11.5 Å². The maximum Gasteiger partial charge on any atom is 0.416 e. The molecular formula is C14H12F3N3O3S. The number of nitrogens with zero attached hydrogens (tertiary/aromatic N) is 1. The molecule has 1 aromatic carbocycles. The van der Waals surface area contributed by atoms with Gasteiger partial charge in [-0.2, -0.15) is 17.5 Å². The van der Waals surface area contributed by atoms with Gasteiger partial charge in [-0.1, -0.05) is 6.07 Å². The summed E-state index contributed by atoms with van der Waals surface area (Å²) in [5, 5.41) is 2.27. The summed E-state index contributed by atoms with van der Waals surface area (Å²) in [6.45, 7) is 1.73. The quantitative estimate of drug-likeness (QED) is 0.818. The Morgan fingerprint density at radius 2 is 2.08 bits per heavy atom. The molecule has 0 atom stereocenters. The smallest absolute Gasteiger partial charge is 0.416 e. The number of halogens is 3. The molecule has 0 unspecified atom stereocenters. The number of ether oxygens (including phenoxy) is 1. The lowest BCUT2D eigenvalue weighted by atomic mass is 10.2. The lowest BCUT2D eigenvalue weighted by Crippen LogP contribution is -2.15. The van der Waals surface area contributed by atoms with Gasteiger partial charge in [-0.25, -0.2) is 4.79 Å². The minimum absolute atomic E-state index is 0.0361. The Labute approximate surface area is 138 Å². The zero-order valence-corrected chi connectivity index (χ0v) is 13.1. The van der Waals surface area contributed by atoms with Gasteiger partial charge in [0.2, 0.25) is 0 Å². The number of alkyl halides is 3. The van der Waals surface area contributed by atoms with Crippen LogP contribution in [-0.4, -0.2) is 22.9 Å². The van der Waals surface area contributed by atoms with Crippen LogP contribution in [0.25, 0.3) is 0 Å². The summed E-state index contributed by atoms with van der Waals surface area (Å²) < 4.78 is 46.5. The number of carbonyl (C=O) groups excluding carboxylic acids is 2. The molecule has 0 aliphatic rings. The molecule has 6 nitrogen and oxygen atoms in total. The largest absolute Gasteiger partial charge is 0.462 e. The number of hydrogen-bond acceptors (Lipinski definition) is 6. The van der Waals surface area contributed by atoms with E-state index in [0.717, 1.165) is 18.2 Å². The van der Waals surface area contributed by atoms with E-state index >= 15 is 0 Å². The second kappa shape index (κ2) is 6.87. The van der Waals surface area contributed by atoms with E-state index in [4.69, 9.17) is 10.5 Å². The Kier molecular flexibility index (Phi) is 5.07. The highest BCUT2D eigenvalue weighted by molar-refractivity contribution is 7.08. The number of nitrogens with two attached hydrogens (primary N) is 1. The fraction of sp³-hybridized carbons (Fsp3) is 0.214. The predicted octanol–water partition coefficient (Wildman–Crippen LogP) is 3.17. The number of aromatic nitrogens is 1. The highest BCUT2D eigenvalue weighted by atomic mass is 32.1. The average Bonchev–Trinajstić information content (AvgIpc) is 2.89. The maximum absolute atomic E-state index is 12.7. The molecule has 2 rings (SSSR count). The van der Waals surface area contributed by atoms with Gasteiger partial charge >= 0.3 is 12.1 Å². The number of esters is 1. The molecule has 2 aromatic rings. The van der Waals surface area contributed by atoms with Gasteiger partial charge in [-0.15, -0.1) is 0 Å². The van der Waals surface area contributed by atoms with Crippen LogP contribution in [0.5, 0.6) is 0 Å². The fourth-order valence-electron chi connectivity index (χ4n) is 1.77. The van der Waals surface area contributed by atoms with Crippen molar-refractivity contribution in [2.45, 2.75) is 13.1 Å². The molecule has 1 heterocycles. The molecule has 0 aliphatic heterocycles. The molecule has 128 valence electrons. The van der Waals surface area contributed by atoms with Crippen molar-refractivity contribution in [3.8, 4) is 0 Å². The van der Waals surface area contributed by atoms with E-state index in [1.165, 1.54) is 6.07 Å². The van der Waals surface area contributed by atoms with Gasteiger partial charge in [0.1, 0.15) is 0 Å². The normalized spacial score (nSPS) is 11.2. The van der Waals surface area contributed by atoms with E-state index in [-0.39, 0.29) is 28.6 Å². The lowest BCUT2D eigenvalue weighted by molar-refractivity contribution is -0.137. The first-order valence-electron chi connectivity index (χ1n) is 6.65. The maximum atomic E-state index is 12.7. The predicted molar refractivity (Wildman–Crippen MR) is 81.9 cm³/mol. The standard InChI is InChI=1S/C14H12F3N3O3S/c1-2-23-13(22)11-9(18)10(20-24-11)12(21)19-8-5-3-4-7(6-8)14(15,16)17/h3-6H,2,18H2,1H3,(H,19,21). The van der Waals surface area contributed by atoms with Crippen LogP contribution in [0.2, 0.25) is 0 Å². The molecule has 1 amide bonds. The zero-order valence-electron chi connectivity index (χ0n) is 12.3. The SMILES string of the molecule is CCOC(=O)c1snc(C(=O)Nc2cccc(C(F)(F)F)c2)c1N. The number of hydrogen-bond donors (Lipinski definition) is 2. The van der Waals surface area contributed by atoms with Gasteiger partial charge in [0.25, 0.3) is 5.91 Å². The number of amides is 1. The summed E-state index contributed by atoms with van der Waals surface area (Å²) in [5.41, 5.74) is 4.29. The third-order valence-corrected chi connectivity index (χ3v) is 3.69. The number of benzene rings is 1. The van der Waals surface area contributed by atoms with Crippen molar-refractivity contribution in [3.63, 3.8) is 0 Å². The second-order valence-corrected chi connectivity index (χ2v) is 5.30. The summed E-state index contributed by atoms with van der Waals surface area (Å²) in [4.78, 5) is 23.7. The average molecular weight is 359 g/mol. The molecule has 3 N–H and O–H groups in total. The van der Waals surface area contributed by atoms with Crippen LogP contribution in [0.15, 0.2) is 24.3 Å². The molecule has 1 aromatic heterocycles. The van der Waals surface area contributed by atoms with Crippen LogP contribution < -0.4 is 11.1 Å². The number of nitrogens with one attached hydrogen (secondary N) is 1. The van der Waals surface area contributed by atoms with Gasteiger partial charge in [0.05, 0.1) is 17.9 Å². The van der Waals surface area contributed by atoms with Gasteiger partial charge in [-0.3, -0.25) is 4.79 Å². The van der Waals surface area contributed by atoms with Crippen LogP contribution in [-0.2, 0) is 10.9 Å². The molecule has 0 radical (unpaired) electrons. The Morgan fingerprint density at radius 3 is 2.71 bits per heavy atom. The van der Waals surface area contributed by atoms with Crippen molar-refractivity contribution < 1.29 is 27.5 Å². The highest BCUT2D eigenvalue weighted by Gasteiger charge is 2.30. The second-order valence-electron chi connectivity index (χ2n) is 4.53. The lowest BCUT2D eigenvalue weighted by Gasteiger charge is -2.09. The summed E-state index contributed by atoms with van der Waals surface area (Å²) in [6, 6.07) is 4.12. The van der Waals surface area contributed by atoms with Crippen molar-refractivity contribution in [3.05, 3.63) is 40.4 Å². The molecular weight excluding hydrogens is 347 g/mol. The van der Waals surface area contributed by atoms with Crippen molar-refractivity contribution in [2.75, 3.05) is 17.7 Å². The summed E-state index contributed by atoms with van der Waals surface area (Å²) in [6.07, 6.45) is -4.53. The summed E-state index contributed by atoms with van der Waals surface area (Å²) >= 11 is 0.680. The van der Waals surface area contributed by atoms with E-state index in [9.17, 15) is 22.8 Å². The van der Waals surface area contributed by atoms with Crippen molar-refractivity contribution in [2.24, 2.45) is 0 Å².